The molecule has 1 amide bonds. The number of aromatic nitrogens is 3. The van der Waals surface area contributed by atoms with Gasteiger partial charge in [-0.1, -0.05) is 6.07 Å². The van der Waals surface area contributed by atoms with Crippen molar-refractivity contribution in [3.8, 4) is 0 Å². The summed E-state index contributed by atoms with van der Waals surface area (Å²) in [5, 5.41) is 8.08. The standard InChI is InChI=1S/C19H23F3N6O2/c1-13-4-5-16(24-12-13)27-7-9-28(10-8-27)17(29)3-2-6-23-15-11-14(19(20,21)22)18(30)26-25-15/h4-5,11-12H,2-3,6-10H2,1H3,(H,23,25)(H,26,30). The third kappa shape index (κ3) is 5.49. The summed E-state index contributed by atoms with van der Waals surface area (Å²) >= 11 is 0. The lowest BCUT2D eigenvalue weighted by Gasteiger charge is -2.35. The molecule has 3 heterocycles. The summed E-state index contributed by atoms with van der Waals surface area (Å²) in [5.41, 5.74) is -1.51. The van der Waals surface area contributed by atoms with Crippen LogP contribution < -0.4 is 15.8 Å². The van der Waals surface area contributed by atoms with E-state index >= 15 is 0 Å². The van der Waals surface area contributed by atoms with Gasteiger partial charge in [-0.2, -0.15) is 18.3 Å². The largest absolute Gasteiger partial charge is 0.421 e. The monoisotopic (exact) mass is 424 g/mol. The summed E-state index contributed by atoms with van der Waals surface area (Å²) in [7, 11) is 0. The zero-order valence-electron chi connectivity index (χ0n) is 16.5. The van der Waals surface area contributed by atoms with E-state index < -0.39 is 17.3 Å². The third-order valence-electron chi connectivity index (χ3n) is 4.83. The third-order valence-corrected chi connectivity index (χ3v) is 4.83. The zero-order valence-corrected chi connectivity index (χ0v) is 16.5. The lowest BCUT2D eigenvalue weighted by atomic mass is 10.2. The van der Waals surface area contributed by atoms with E-state index in [9.17, 15) is 22.8 Å². The second-order valence-electron chi connectivity index (χ2n) is 7.09. The molecule has 0 atom stereocenters. The molecule has 2 aromatic rings. The number of alkyl halides is 3. The predicted octanol–water partition coefficient (Wildman–Crippen LogP) is 2.03. The van der Waals surface area contributed by atoms with Crippen LogP contribution in [0.3, 0.4) is 0 Å². The van der Waals surface area contributed by atoms with Crippen LogP contribution in [0.25, 0.3) is 0 Å². The van der Waals surface area contributed by atoms with Crippen LogP contribution in [-0.4, -0.2) is 58.7 Å². The molecule has 11 heteroatoms. The van der Waals surface area contributed by atoms with Gasteiger partial charge in [-0.25, -0.2) is 10.1 Å². The molecule has 0 bridgehead atoms. The number of carbonyl (C=O) groups excluding carboxylic acids is 1. The molecule has 162 valence electrons. The number of anilines is 2. The summed E-state index contributed by atoms with van der Waals surface area (Å²) in [6.07, 6.45) is -2.24. The van der Waals surface area contributed by atoms with Gasteiger partial charge >= 0.3 is 6.18 Å². The number of hydrogen-bond acceptors (Lipinski definition) is 6. The minimum Gasteiger partial charge on any atom is -0.369 e. The molecule has 2 N–H and O–H groups in total. The predicted molar refractivity (Wildman–Crippen MR) is 105 cm³/mol. The number of aromatic amines is 1. The molecule has 8 nitrogen and oxygen atoms in total. The zero-order chi connectivity index (χ0) is 21.7. The van der Waals surface area contributed by atoms with Gasteiger partial charge in [0.2, 0.25) is 5.91 Å². The first kappa shape index (κ1) is 21.6. The molecular weight excluding hydrogens is 401 g/mol. The SMILES string of the molecule is Cc1ccc(N2CCN(C(=O)CCCNc3cc(C(F)(F)F)c(=O)[nH]n3)CC2)nc1. The topological polar surface area (TPSA) is 94.2 Å². The van der Waals surface area contributed by atoms with E-state index in [1.54, 1.807) is 4.90 Å². The molecule has 0 unspecified atom stereocenters. The maximum atomic E-state index is 12.7. The molecule has 0 aromatic carbocycles. The van der Waals surface area contributed by atoms with Crippen LogP contribution in [0.15, 0.2) is 29.2 Å². The fourth-order valence-corrected chi connectivity index (χ4v) is 3.15. The Bertz CT molecular complexity index is 921. The number of carbonyl (C=O) groups is 1. The van der Waals surface area contributed by atoms with E-state index in [1.165, 1.54) is 0 Å². The maximum Gasteiger partial charge on any atom is 0.421 e. The van der Waals surface area contributed by atoms with E-state index in [4.69, 9.17) is 0 Å². The summed E-state index contributed by atoms with van der Waals surface area (Å²) in [5.74, 6) is 0.802. The maximum absolute atomic E-state index is 12.7. The minimum absolute atomic E-state index is 0.00118. The fourth-order valence-electron chi connectivity index (χ4n) is 3.15. The number of nitrogens with one attached hydrogen (secondary N) is 2. The van der Waals surface area contributed by atoms with E-state index in [1.807, 2.05) is 30.4 Å². The average Bonchev–Trinajstić information content (AvgIpc) is 2.72. The van der Waals surface area contributed by atoms with Gasteiger partial charge in [-0.05, 0) is 25.0 Å². The number of pyridine rings is 1. The number of halogens is 3. The first-order valence-electron chi connectivity index (χ1n) is 9.60. The van der Waals surface area contributed by atoms with Crippen molar-refractivity contribution < 1.29 is 18.0 Å². The normalized spacial score (nSPS) is 14.7. The van der Waals surface area contributed by atoms with Crippen molar-refractivity contribution >= 4 is 17.5 Å². The second-order valence-corrected chi connectivity index (χ2v) is 7.09. The molecule has 0 aliphatic carbocycles. The number of H-pyrrole nitrogens is 1. The molecule has 1 saturated heterocycles. The van der Waals surface area contributed by atoms with Crippen molar-refractivity contribution in [1.29, 1.82) is 0 Å². The van der Waals surface area contributed by atoms with Crippen LogP contribution in [0.1, 0.15) is 24.0 Å². The van der Waals surface area contributed by atoms with Gasteiger partial charge in [0.15, 0.2) is 0 Å². The van der Waals surface area contributed by atoms with Gasteiger partial charge in [-0.3, -0.25) is 9.59 Å². The van der Waals surface area contributed by atoms with Gasteiger partial charge in [0.1, 0.15) is 17.2 Å². The molecular formula is C19H23F3N6O2. The Morgan fingerprint density at radius 2 is 1.97 bits per heavy atom. The van der Waals surface area contributed by atoms with Gasteiger partial charge in [-0.15, -0.1) is 0 Å². The van der Waals surface area contributed by atoms with Crippen LogP contribution in [0.2, 0.25) is 0 Å². The highest BCUT2D eigenvalue weighted by atomic mass is 19.4. The van der Waals surface area contributed by atoms with Crippen molar-refractivity contribution in [2.24, 2.45) is 0 Å². The number of hydrogen-bond donors (Lipinski definition) is 2. The summed E-state index contributed by atoms with van der Waals surface area (Å²) in [6, 6.07) is 4.63. The van der Waals surface area contributed by atoms with Crippen LogP contribution in [0.5, 0.6) is 0 Å². The van der Waals surface area contributed by atoms with E-state index in [0.717, 1.165) is 11.4 Å². The van der Waals surface area contributed by atoms with Crippen molar-refractivity contribution in [2.45, 2.75) is 25.9 Å². The quantitative estimate of drug-likeness (QED) is 0.690. The summed E-state index contributed by atoms with van der Waals surface area (Å²) in [6.45, 7) is 4.82. The second kappa shape index (κ2) is 9.14. The van der Waals surface area contributed by atoms with E-state index in [2.05, 4.69) is 20.3 Å². The van der Waals surface area contributed by atoms with Crippen LogP contribution in [-0.2, 0) is 11.0 Å². The Morgan fingerprint density at radius 1 is 1.23 bits per heavy atom. The Kier molecular flexibility index (Phi) is 6.58. The van der Waals surface area contributed by atoms with E-state index in [-0.39, 0.29) is 24.7 Å². The van der Waals surface area contributed by atoms with Gasteiger partial charge < -0.3 is 15.1 Å². The van der Waals surface area contributed by atoms with Crippen molar-refractivity contribution in [3.63, 3.8) is 0 Å². The lowest BCUT2D eigenvalue weighted by Crippen LogP contribution is -2.49. The summed E-state index contributed by atoms with van der Waals surface area (Å²) in [4.78, 5) is 31.9. The number of amides is 1. The minimum atomic E-state index is -4.75. The molecule has 1 fully saturated rings. The summed E-state index contributed by atoms with van der Waals surface area (Å²) < 4.78 is 38.2. The highest BCUT2D eigenvalue weighted by molar-refractivity contribution is 5.76. The van der Waals surface area contributed by atoms with Crippen LogP contribution in [0.4, 0.5) is 24.8 Å². The highest BCUT2D eigenvalue weighted by Gasteiger charge is 2.34. The number of nitrogens with zero attached hydrogens (tertiary/aromatic N) is 4. The van der Waals surface area contributed by atoms with E-state index in [0.29, 0.717) is 38.7 Å². The molecule has 3 rings (SSSR count). The Labute approximate surface area is 171 Å². The Balaban J connectivity index is 1.41. The number of aryl methyl sites for hydroxylation is 1. The van der Waals surface area contributed by atoms with Crippen molar-refractivity contribution in [1.82, 2.24) is 20.1 Å². The average molecular weight is 424 g/mol. The van der Waals surface area contributed by atoms with Crippen LogP contribution >= 0.6 is 0 Å². The number of rotatable bonds is 6. The molecule has 2 aromatic heterocycles. The fraction of sp³-hybridized carbons (Fsp3) is 0.474. The molecule has 1 aliphatic rings. The molecule has 30 heavy (non-hydrogen) atoms. The van der Waals surface area contributed by atoms with Crippen molar-refractivity contribution in [2.75, 3.05) is 42.9 Å². The Morgan fingerprint density at radius 3 is 2.60 bits per heavy atom. The Hall–Kier alpha value is -3.11. The molecule has 1 aliphatic heterocycles. The van der Waals surface area contributed by atoms with Gasteiger partial charge in [0.25, 0.3) is 5.56 Å². The highest BCUT2D eigenvalue weighted by Crippen LogP contribution is 2.27. The lowest BCUT2D eigenvalue weighted by molar-refractivity contribution is -0.138. The van der Waals surface area contributed by atoms with Crippen molar-refractivity contribution in [3.05, 3.63) is 45.9 Å². The van der Waals surface area contributed by atoms with Gasteiger partial charge in [0, 0.05) is 51.4 Å². The smallest absolute Gasteiger partial charge is 0.369 e. The first-order valence-corrected chi connectivity index (χ1v) is 9.60. The molecule has 0 saturated carbocycles. The van der Waals surface area contributed by atoms with Crippen LogP contribution in [0, 0.1) is 6.92 Å². The molecule has 0 radical (unpaired) electrons. The van der Waals surface area contributed by atoms with Gasteiger partial charge in [0.05, 0.1) is 0 Å². The number of piperazine rings is 1. The first-order chi connectivity index (χ1) is 14.2. The molecule has 0 spiro atoms.